The number of ether oxygens (including phenoxy) is 3. The van der Waals surface area contributed by atoms with E-state index in [4.69, 9.17) is 19.3 Å². The largest absolute Gasteiger partial charge is 0.497 e. The van der Waals surface area contributed by atoms with E-state index in [9.17, 15) is 9.59 Å². The van der Waals surface area contributed by atoms with Gasteiger partial charge in [0.1, 0.15) is 18.1 Å². The highest BCUT2D eigenvalue weighted by Gasteiger charge is 2.19. The monoisotopic (exact) mass is 415 g/mol. The highest BCUT2D eigenvalue weighted by molar-refractivity contribution is 5.76. The molecule has 0 spiro atoms. The van der Waals surface area contributed by atoms with Crippen molar-refractivity contribution in [2.24, 2.45) is 0 Å². The quantitative estimate of drug-likeness (QED) is 0.421. The molecule has 7 heteroatoms. The molecule has 0 fully saturated rings. The van der Waals surface area contributed by atoms with Crippen molar-refractivity contribution >= 4 is 11.9 Å². The van der Waals surface area contributed by atoms with Gasteiger partial charge >= 0.3 is 11.9 Å². The van der Waals surface area contributed by atoms with Gasteiger partial charge in [-0.05, 0) is 56.3 Å². The molecule has 2 rings (SSSR count). The summed E-state index contributed by atoms with van der Waals surface area (Å²) in [6.07, 6.45) is 0.578. The Hall–Kier alpha value is -3.06. The number of methoxy groups -OCH3 is 1. The maximum atomic E-state index is 11.9. The lowest BCUT2D eigenvalue weighted by Gasteiger charge is -2.25. The van der Waals surface area contributed by atoms with Gasteiger partial charge in [0.05, 0.1) is 20.0 Å². The highest BCUT2D eigenvalue weighted by Crippen LogP contribution is 2.22. The Labute approximate surface area is 177 Å². The van der Waals surface area contributed by atoms with Gasteiger partial charge in [-0.15, -0.1) is 0 Å². The summed E-state index contributed by atoms with van der Waals surface area (Å²) in [6.45, 7) is 0.141. The molecular formula is C23H29NO6. The molecule has 7 nitrogen and oxygen atoms in total. The van der Waals surface area contributed by atoms with Crippen LogP contribution < -0.4 is 9.47 Å². The number of nitrogens with zero attached hydrogens (tertiary/aromatic N) is 1. The van der Waals surface area contributed by atoms with Crippen LogP contribution in [0.2, 0.25) is 0 Å². The molecule has 0 radical (unpaired) electrons. The van der Waals surface area contributed by atoms with E-state index in [0.717, 1.165) is 29.9 Å². The predicted octanol–water partition coefficient (Wildman–Crippen LogP) is 3.15. The number of carbonyl (C=O) groups is 2. The Morgan fingerprint density at radius 3 is 2.50 bits per heavy atom. The molecule has 0 amide bonds. The maximum Gasteiger partial charge on any atom is 0.308 e. The Morgan fingerprint density at radius 2 is 1.80 bits per heavy atom. The third-order valence-corrected chi connectivity index (χ3v) is 4.56. The number of carbonyl (C=O) groups excluding carboxylic acids is 1. The average Bonchev–Trinajstić information content (AvgIpc) is 2.74. The van der Waals surface area contributed by atoms with Gasteiger partial charge in [0.25, 0.3) is 0 Å². The molecule has 0 saturated carbocycles. The molecule has 0 aliphatic heterocycles. The molecule has 0 heterocycles. The predicted molar refractivity (Wildman–Crippen MR) is 113 cm³/mol. The van der Waals surface area contributed by atoms with Crippen LogP contribution in [0.25, 0.3) is 0 Å². The van der Waals surface area contributed by atoms with Gasteiger partial charge in [-0.2, -0.15) is 0 Å². The van der Waals surface area contributed by atoms with E-state index >= 15 is 0 Å². The molecule has 162 valence electrons. The van der Waals surface area contributed by atoms with Crippen LogP contribution >= 0.6 is 0 Å². The minimum Gasteiger partial charge on any atom is -0.497 e. The number of benzene rings is 2. The van der Waals surface area contributed by atoms with Crippen LogP contribution in [0.1, 0.15) is 24.0 Å². The fourth-order valence-electron chi connectivity index (χ4n) is 2.83. The zero-order valence-corrected chi connectivity index (χ0v) is 17.7. The third-order valence-electron chi connectivity index (χ3n) is 4.56. The molecule has 0 saturated heterocycles. The van der Waals surface area contributed by atoms with Gasteiger partial charge < -0.3 is 19.3 Å². The van der Waals surface area contributed by atoms with E-state index in [2.05, 4.69) is 6.07 Å². The number of rotatable bonds is 12. The summed E-state index contributed by atoms with van der Waals surface area (Å²) in [5, 5.41) is 8.70. The van der Waals surface area contributed by atoms with E-state index in [0.29, 0.717) is 0 Å². The first-order valence-corrected chi connectivity index (χ1v) is 9.80. The number of aryl methyl sites for hydroxylation is 2. The number of aliphatic carboxylic acids is 1. The minimum atomic E-state index is -1.03. The molecular weight excluding hydrogens is 386 g/mol. The van der Waals surface area contributed by atoms with Crippen molar-refractivity contribution in [1.82, 2.24) is 4.90 Å². The van der Waals surface area contributed by atoms with Gasteiger partial charge in [-0.1, -0.05) is 30.3 Å². The fourth-order valence-corrected chi connectivity index (χ4v) is 2.83. The van der Waals surface area contributed by atoms with E-state index in [1.807, 2.05) is 42.5 Å². The van der Waals surface area contributed by atoms with Crippen molar-refractivity contribution in [3.05, 3.63) is 59.7 Å². The van der Waals surface area contributed by atoms with Crippen LogP contribution in [0.15, 0.2) is 48.5 Å². The number of carboxylic acid groups (broad SMARTS) is 1. The second-order valence-corrected chi connectivity index (χ2v) is 7.07. The first-order valence-electron chi connectivity index (χ1n) is 9.80. The van der Waals surface area contributed by atoms with Crippen LogP contribution in [0, 0.1) is 0 Å². The first-order chi connectivity index (χ1) is 14.4. The fraction of sp³-hybridized carbons (Fsp3) is 0.391. The zero-order chi connectivity index (χ0) is 21.9. The molecule has 0 aliphatic rings. The van der Waals surface area contributed by atoms with Crippen LogP contribution in [-0.4, -0.2) is 56.0 Å². The Balaban J connectivity index is 1.96. The molecule has 0 bridgehead atoms. The average molecular weight is 415 g/mol. The Kier molecular flexibility index (Phi) is 9.15. The number of esters is 1. The third kappa shape index (κ3) is 7.75. The Bertz CT molecular complexity index is 836. The summed E-state index contributed by atoms with van der Waals surface area (Å²) < 4.78 is 16.6. The maximum absolute atomic E-state index is 11.9. The van der Waals surface area contributed by atoms with Crippen molar-refractivity contribution < 1.29 is 28.9 Å². The van der Waals surface area contributed by atoms with Crippen molar-refractivity contribution in [2.75, 3.05) is 27.8 Å². The molecule has 2 aromatic carbocycles. The molecule has 1 N–H and O–H groups in total. The molecule has 1 unspecified atom stereocenters. The number of para-hydroxylation sites is 1. The highest BCUT2D eigenvalue weighted by atomic mass is 16.6. The van der Waals surface area contributed by atoms with Gasteiger partial charge in [0, 0.05) is 0 Å². The van der Waals surface area contributed by atoms with Gasteiger partial charge in [0.2, 0.25) is 0 Å². The summed E-state index contributed by atoms with van der Waals surface area (Å²) in [5.41, 5.74) is 2.22. The second-order valence-electron chi connectivity index (χ2n) is 7.07. The lowest BCUT2D eigenvalue weighted by atomic mass is 10.0. The van der Waals surface area contributed by atoms with Crippen LogP contribution in [0.5, 0.6) is 11.5 Å². The summed E-state index contributed by atoms with van der Waals surface area (Å²) in [4.78, 5) is 24.2. The first kappa shape index (κ1) is 23.2. The standard InChI is InChI=1S/C23H29NO6/c1-24(2)21(30-23(27)14-13-22(25)26)16-29-20-10-5-4-8-18(20)12-11-17-7-6-9-19(15-17)28-3/h4-10,15,21H,11-14,16H2,1-3H3,(H,25,26). The van der Waals surface area contributed by atoms with E-state index in [1.165, 1.54) is 5.56 Å². The van der Waals surface area contributed by atoms with Gasteiger partial charge in [0.15, 0.2) is 6.23 Å². The number of likely N-dealkylation sites (N-methyl/N-ethyl adjacent to an activating group) is 1. The molecule has 1 atom stereocenters. The number of hydrogen-bond acceptors (Lipinski definition) is 6. The zero-order valence-electron chi connectivity index (χ0n) is 17.7. The van der Waals surface area contributed by atoms with Gasteiger partial charge in [-0.25, -0.2) is 0 Å². The van der Waals surface area contributed by atoms with Crippen LogP contribution in [0.4, 0.5) is 0 Å². The van der Waals surface area contributed by atoms with Crippen molar-refractivity contribution in [3.8, 4) is 11.5 Å². The van der Waals surface area contributed by atoms with Crippen molar-refractivity contribution in [3.63, 3.8) is 0 Å². The number of hydrogen-bond donors (Lipinski definition) is 1. The molecule has 30 heavy (non-hydrogen) atoms. The van der Waals surface area contributed by atoms with Crippen LogP contribution in [-0.2, 0) is 27.2 Å². The minimum absolute atomic E-state index is 0.141. The second kappa shape index (κ2) is 11.8. The Morgan fingerprint density at radius 1 is 1.03 bits per heavy atom. The van der Waals surface area contributed by atoms with E-state index in [-0.39, 0.29) is 19.4 Å². The smallest absolute Gasteiger partial charge is 0.308 e. The van der Waals surface area contributed by atoms with Gasteiger partial charge in [-0.3, -0.25) is 14.5 Å². The summed E-state index contributed by atoms with van der Waals surface area (Å²) >= 11 is 0. The lowest BCUT2D eigenvalue weighted by Crippen LogP contribution is -2.38. The summed E-state index contributed by atoms with van der Waals surface area (Å²) in [7, 11) is 5.19. The lowest BCUT2D eigenvalue weighted by molar-refractivity contribution is -0.161. The van der Waals surface area contributed by atoms with Crippen LogP contribution in [0.3, 0.4) is 0 Å². The summed E-state index contributed by atoms with van der Waals surface area (Å²) in [5.74, 6) is -0.0371. The van der Waals surface area contributed by atoms with E-state index < -0.39 is 18.2 Å². The molecule has 0 aliphatic carbocycles. The van der Waals surface area contributed by atoms with Crippen molar-refractivity contribution in [1.29, 1.82) is 0 Å². The SMILES string of the molecule is COc1cccc(CCc2ccccc2OCC(OC(=O)CCC(=O)O)N(C)C)c1. The van der Waals surface area contributed by atoms with Crippen molar-refractivity contribution in [2.45, 2.75) is 31.9 Å². The molecule has 2 aromatic rings. The summed E-state index contributed by atoms with van der Waals surface area (Å²) in [6, 6.07) is 15.7. The van der Waals surface area contributed by atoms with E-state index in [1.54, 1.807) is 26.1 Å². The normalized spacial score (nSPS) is 11.7. The molecule has 0 aromatic heterocycles. The number of carboxylic acids is 1. The topological polar surface area (TPSA) is 85.3 Å².